The van der Waals surface area contributed by atoms with Crippen molar-refractivity contribution in [2.24, 2.45) is 0 Å². The Labute approximate surface area is 180 Å². The maximum Gasteiger partial charge on any atom is 0.294 e. The van der Waals surface area contributed by atoms with Gasteiger partial charge in [0.1, 0.15) is 0 Å². The highest BCUT2D eigenvalue weighted by atomic mass is 32.2. The van der Waals surface area contributed by atoms with E-state index in [0.717, 1.165) is 5.56 Å². The van der Waals surface area contributed by atoms with Gasteiger partial charge in [-0.05, 0) is 82.9 Å². The molecule has 30 heavy (non-hydrogen) atoms. The van der Waals surface area contributed by atoms with Gasteiger partial charge in [-0.15, -0.1) is 0 Å². The van der Waals surface area contributed by atoms with Crippen LogP contribution in [0.1, 0.15) is 38.9 Å². The predicted octanol–water partition coefficient (Wildman–Crippen LogP) is 6.52. The van der Waals surface area contributed by atoms with E-state index in [1.165, 1.54) is 56.9 Å². The molecule has 0 radical (unpaired) electrons. The summed E-state index contributed by atoms with van der Waals surface area (Å²) in [5.41, 5.74) is 11.3. The van der Waals surface area contributed by atoms with Crippen molar-refractivity contribution in [3.8, 4) is 0 Å². The third-order valence-corrected chi connectivity index (χ3v) is 5.79. The van der Waals surface area contributed by atoms with E-state index < -0.39 is 10.1 Å². The summed E-state index contributed by atoms with van der Waals surface area (Å²) >= 11 is 0. The summed E-state index contributed by atoms with van der Waals surface area (Å²) in [5, 5.41) is 3.63. The minimum atomic E-state index is -4.02. The lowest BCUT2D eigenvalue weighted by Gasteiger charge is -2.18. The van der Waals surface area contributed by atoms with Crippen LogP contribution in [0.2, 0.25) is 0 Å². The summed E-state index contributed by atoms with van der Waals surface area (Å²) in [6, 6.07) is 14.9. The quantitative estimate of drug-likeness (QED) is 0.469. The first-order chi connectivity index (χ1) is 13.9. The molecule has 0 amide bonds. The molecule has 3 aromatic rings. The van der Waals surface area contributed by atoms with Gasteiger partial charge in [0.05, 0.1) is 4.90 Å². The molecule has 0 saturated carbocycles. The Morgan fingerprint density at radius 2 is 0.933 bits per heavy atom. The first kappa shape index (κ1) is 23.6. The van der Waals surface area contributed by atoms with Crippen molar-refractivity contribution in [1.29, 1.82) is 0 Å². The molecule has 3 aromatic carbocycles. The van der Waals surface area contributed by atoms with Crippen molar-refractivity contribution >= 4 is 21.5 Å². The van der Waals surface area contributed by atoms with Crippen molar-refractivity contribution < 1.29 is 13.0 Å². The van der Waals surface area contributed by atoms with Gasteiger partial charge in [0.25, 0.3) is 10.1 Å². The van der Waals surface area contributed by atoms with Crippen molar-refractivity contribution in [3.05, 3.63) is 87.5 Å². The molecule has 0 heterocycles. The third kappa shape index (κ3) is 6.18. The first-order valence-corrected chi connectivity index (χ1v) is 11.3. The molecule has 0 unspecified atom stereocenters. The van der Waals surface area contributed by atoms with Crippen molar-refractivity contribution in [2.75, 3.05) is 5.32 Å². The molecule has 3 rings (SSSR count). The average Bonchev–Trinajstić information content (AvgIpc) is 2.59. The molecule has 4 nitrogen and oxygen atoms in total. The van der Waals surface area contributed by atoms with Gasteiger partial charge in [-0.1, -0.05) is 53.1 Å². The largest absolute Gasteiger partial charge is 0.355 e. The van der Waals surface area contributed by atoms with Gasteiger partial charge >= 0.3 is 0 Å². The summed E-state index contributed by atoms with van der Waals surface area (Å²) in [5.74, 6) is 0. The summed E-state index contributed by atoms with van der Waals surface area (Å²) in [6.07, 6.45) is 0. The maximum atomic E-state index is 10.5. The van der Waals surface area contributed by atoms with Gasteiger partial charge in [0, 0.05) is 11.4 Å². The average molecular weight is 426 g/mol. The number of nitrogens with one attached hydrogen (secondary N) is 1. The van der Waals surface area contributed by atoms with E-state index in [-0.39, 0.29) is 4.90 Å². The van der Waals surface area contributed by atoms with E-state index in [2.05, 4.69) is 71.1 Å². The fourth-order valence-electron chi connectivity index (χ4n) is 3.59. The number of aryl methyl sites for hydroxylation is 7. The summed E-state index contributed by atoms with van der Waals surface area (Å²) in [4.78, 5) is -0.0666. The van der Waals surface area contributed by atoms with E-state index in [4.69, 9.17) is 4.55 Å². The predicted molar refractivity (Wildman–Crippen MR) is 126 cm³/mol. The molecule has 0 aliphatic rings. The molecule has 160 valence electrons. The van der Waals surface area contributed by atoms with E-state index in [1.807, 2.05) is 6.92 Å². The van der Waals surface area contributed by atoms with E-state index >= 15 is 0 Å². The van der Waals surface area contributed by atoms with Gasteiger partial charge in [0.2, 0.25) is 0 Å². The van der Waals surface area contributed by atoms with Crippen LogP contribution >= 0.6 is 0 Å². The third-order valence-electron chi connectivity index (χ3n) is 4.92. The van der Waals surface area contributed by atoms with Crippen LogP contribution in [0.25, 0.3) is 0 Å². The fraction of sp³-hybridized carbons (Fsp3) is 0.280. The molecular weight excluding hydrogens is 394 g/mol. The van der Waals surface area contributed by atoms with E-state index in [9.17, 15) is 8.42 Å². The number of anilines is 2. The molecule has 0 aromatic heterocycles. The van der Waals surface area contributed by atoms with Gasteiger partial charge in [-0.3, -0.25) is 4.55 Å². The topological polar surface area (TPSA) is 66.4 Å². The number of hydrogen-bond donors (Lipinski definition) is 2. The van der Waals surface area contributed by atoms with Crippen LogP contribution in [0.4, 0.5) is 11.4 Å². The van der Waals surface area contributed by atoms with Crippen LogP contribution in [-0.2, 0) is 10.1 Å². The van der Waals surface area contributed by atoms with E-state index in [0.29, 0.717) is 0 Å². The summed E-state index contributed by atoms with van der Waals surface area (Å²) in [6.45, 7) is 14.8. The molecule has 0 aliphatic heterocycles. The van der Waals surface area contributed by atoms with Crippen molar-refractivity contribution in [3.63, 3.8) is 0 Å². The Bertz CT molecular complexity index is 1050. The molecule has 0 aliphatic carbocycles. The first-order valence-electron chi connectivity index (χ1n) is 9.85. The zero-order chi connectivity index (χ0) is 22.6. The monoisotopic (exact) mass is 425 g/mol. The smallest absolute Gasteiger partial charge is 0.294 e. The van der Waals surface area contributed by atoms with Crippen molar-refractivity contribution in [2.45, 2.75) is 53.4 Å². The second kappa shape index (κ2) is 9.45. The lowest BCUT2D eigenvalue weighted by atomic mass is 10.0. The molecule has 0 fully saturated rings. The Morgan fingerprint density at radius 1 is 0.600 bits per heavy atom. The Morgan fingerprint density at radius 3 is 1.23 bits per heavy atom. The molecule has 0 bridgehead atoms. The fourth-order valence-corrected chi connectivity index (χ4v) is 4.07. The van der Waals surface area contributed by atoms with Crippen LogP contribution < -0.4 is 5.32 Å². The minimum absolute atomic E-state index is 0.0666. The van der Waals surface area contributed by atoms with Gasteiger partial charge in [0.15, 0.2) is 0 Å². The molecule has 2 N–H and O–H groups in total. The SMILES string of the molecule is Cc1cc(C)c(Nc2c(C)cc(C)cc2C)c(C)c1.Cc1ccc(S(=O)(=O)O)cc1. The van der Waals surface area contributed by atoms with Crippen molar-refractivity contribution in [1.82, 2.24) is 0 Å². The van der Waals surface area contributed by atoms with Gasteiger partial charge in [-0.25, -0.2) is 0 Å². The minimum Gasteiger partial charge on any atom is -0.355 e. The maximum absolute atomic E-state index is 10.5. The van der Waals surface area contributed by atoms with Gasteiger partial charge < -0.3 is 5.32 Å². The zero-order valence-corrected chi connectivity index (χ0v) is 19.6. The normalized spacial score (nSPS) is 10.9. The van der Waals surface area contributed by atoms with Crippen LogP contribution in [0, 0.1) is 48.5 Å². The van der Waals surface area contributed by atoms with Gasteiger partial charge in [-0.2, -0.15) is 8.42 Å². The Kier molecular flexibility index (Phi) is 7.45. The standard InChI is InChI=1S/C18H23N.C7H8O3S/c1-11-7-13(3)17(14(4)8-11)19-18-15(5)9-12(2)10-16(18)6;1-6-2-4-7(5-3-6)11(8,9)10/h7-10,19H,1-6H3;2-5H,1H3,(H,8,9,10). The number of hydrogen-bond acceptors (Lipinski definition) is 3. The molecule has 0 saturated heterocycles. The highest BCUT2D eigenvalue weighted by Gasteiger charge is 2.09. The molecular formula is C25H31NO3S. The second-order valence-corrected chi connectivity index (χ2v) is 9.38. The Hall–Kier alpha value is -2.63. The van der Waals surface area contributed by atoms with Crippen LogP contribution in [0.15, 0.2) is 53.4 Å². The summed E-state index contributed by atoms with van der Waals surface area (Å²) < 4.78 is 29.6. The van der Waals surface area contributed by atoms with Crippen LogP contribution in [0.5, 0.6) is 0 Å². The Balaban J connectivity index is 0.000000248. The molecule has 0 atom stereocenters. The van der Waals surface area contributed by atoms with E-state index in [1.54, 1.807) is 12.1 Å². The van der Waals surface area contributed by atoms with Crippen LogP contribution in [-0.4, -0.2) is 13.0 Å². The number of benzene rings is 3. The lowest BCUT2D eigenvalue weighted by Crippen LogP contribution is -2.01. The second-order valence-electron chi connectivity index (χ2n) is 7.96. The zero-order valence-electron chi connectivity index (χ0n) is 18.8. The lowest BCUT2D eigenvalue weighted by molar-refractivity contribution is 0.483. The number of rotatable bonds is 3. The molecule has 0 spiro atoms. The van der Waals surface area contributed by atoms with Crippen LogP contribution in [0.3, 0.4) is 0 Å². The summed E-state index contributed by atoms with van der Waals surface area (Å²) in [7, 11) is -4.02. The molecule has 5 heteroatoms. The highest BCUT2D eigenvalue weighted by molar-refractivity contribution is 7.85. The highest BCUT2D eigenvalue weighted by Crippen LogP contribution is 2.30.